The summed E-state index contributed by atoms with van der Waals surface area (Å²) in [6.45, 7) is -2.10. The minimum atomic E-state index is -1.57. The van der Waals surface area contributed by atoms with Crippen molar-refractivity contribution in [2.45, 2.75) is 315 Å². The van der Waals surface area contributed by atoms with Crippen LogP contribution in [0.25, 0.3) is 0 Å². The van der Waals surface area contributed by atoms with Crippen molar-refractivity contribution in [3.05, 3.63) is 0 Å². The fraction of sp³-hybridized carbons (Fsp3) is 1.00. The van der Waals surface area contributed by atoms with Gasteiger partial charge in [-0.2, -0.15) is 12.6 Å². The second kappa shape index (κ2) is 54.8. The van der Waals surface area contributed by atoms with E-state index in [4.69, 9.17) is 234 Å². The monoisotopic (exact) mass is 1750 g/mol. The number of aliphatic hydroxyl groups is 44. The van der Waals surface area contributed by atoms with Gasteiger partial charge in [-0.1, -0.05) is 0 Å². The lowest BCUT2D eigenvalue weighted by Crippen LogP contribution is -2.61. The van der Waals surface area contributed by atoms with Gasteiger partial charge in [-0.25, -0.2) is 0 Å². The van der Waals surface area contributed by atoms with E-state index >= 15 is 0 Å². The molecular formula is C60H121NO54S. The highest BCUT2D eigenvalue weighted by Crippen LogP contribution is 2.27. The van der Waals surface area contributed by atoms with Gasteiger partial charge in [-0.15, -0.1) is 0 Å². The van der Waals surface area contributed by atoms with Gasteiger partial charge in [0.05, 0.1) is 95.5 Å². The summed E-state index contributed by atoms with van der Waals surface area (Å²) < 4.78 is 46.5. The Morgan fingerprint density at radius 1 is 0.216 bits per heavy atom. The van der Waals surface area contributed by atoms with Gasteiger partial charge >= 0.3 is 0 Å². The first-order valence-electron chi connectivity index (χ1n) is 35.2. The van der Waals surface area contributed by atoms with Crippen molar-refractivity contribution in [1.29, 1.82) is 0 Å². The first-order chi connectivity index (χ1) is 53.9. The molecule has 0 aromatic rings. The third kappa shape index (κ3) is 33.2. The quantitative estimate of drug-likeness (QED) is 0.0953. The Balaban J connectivity index is 0.000000645. The Labute approximate surface area is 662 Å². The third-order valence-corrected chi connectivity index (χ3v) is 18.7. The van der Waals surface area contributed by atoms with Crippen LogP contribution >= 0.6 is 12.6 Å². The predicted molar refractivity (Wildman–Crippen MR) is 363 cm³/mol. The average molecular weight is 1750 g/mol. The van der Waals surface area contributed by atoms with Gasteiger partial charge in [-0.3, -0.25) is 0 Å². The molecule has 10 aliphatic rings. The molecule has 0 aromatic carbocycles. The zero-order valence-corrected chi connectivity index (χ0v) is 62.3. The smallest absolute Gasteiger partial charge is 0.184 e. The first-order valence-corrected chi connectivity index (χ1v) is 35.9. The van der Waals surface area contributed by atoms with E-state index in [1.165, 1.54) is 6.92 Å². The van der Waals surface area contributed by atoms with Crippen LogP contribution in [0.3, 0.4) is 0 Å². The molecule has 0 bridgehead atoms. The second-order valence-electron chi connectivity index (χ2n) is 27.0. The standard InChI is InChI=1S/C6H13NO5.4C6H12O6.C6H12O5S.4C6H12O5/c7-3-5(10)4(9)2(1-8)12-6(3)11;4*7-1-2-3(8)4(9)5(10)6(11)12-2;7-3-2(1-12)11-6(10)5(9)4(3)8;7-2-4-6(10)3(8)1-5(9)11-4;7-2-5-3(8)1-4(9)6(10)11-5;7-2-3-1-4(8)5(9)6(10)11-3;1-2-3(7)4(8)5(9)6(10)11-2/h2-6,8-11H,1,7H2;4*2-11H,1H2;2-10,12H,1H2;3*3-10H,1-2H2;2-10H,1H3/t2?,3?,4-,5+,6?;2*2?,3-,4?,5-,6?;2*2?,3-,4-,5?,6?;2?,3-,4+,5?,6?;3-,4?,5?,6-;3-,4?,5?,6?;3?,4-,5?,6-;2?,3-,4-,5?,6?/m0000011100/s1. The van der Waals surface area contributed by atoms with E-state index in [0.717, 1.165) is 0 Å². The van der Waals surface area contributed by atoms with Gasteiger partial charge < -0.3 is 278 Å². The molecule has 10 heterocycles. The Kier molecular flexibility index (Phi) is 53.0. The highest BCUT2D eigenvalue weighted by molar-refractivity contribution is 7.80. The molecule has 0 saturated carbocycles. The Bertz CT molecular complexity index is 2180. The van der Waals surface area contributed by atoms with Gasteiger partial charge in [-0.05, 0) is 6.92 Å². The number of aliphatic hydroxyl groups excluding tert-OH is 44. The number of nitrogens with two attached hydrogens (primary N) is 1. The fourth-order valence-corrected chi connectivity index (χ4v) is 11.0. The van der Waals surface area contributed by atoms with E-state index in [0.29, 0.717) is 0 Å². The van der Waals surface area contributed by atoms with Crippen molar-refractivity contribution >= 4 is 12.6 Å². The van der Waals surface area contributed by atoms with Crippen LogP contribution in [0.5, 0.6) is 0 Å². The molecule has 696 valence electrons. The Hall–Kier alpha value is -1.85. The van der Waals surface area contributed by atoms with Crippen LogP contribution in [0.2, 0.25) is 0 Å². The molecule has 10 rings (SSSR count). The molecule has 47 atom stereocenters. The molecular weight excluding hydrogens is 1630 g/mol. The maximum atomic E-state index is 9.23. The van der Waals surface area contributed by atoms with Crippen molar-refractivity contribution in [3.8, 4) is 0 Å². The Morgan fingerprint density at radius 2 is 0.474 bits per heavy atom. The molecule has 46 N–H and O–H groups in total. The summed E-state index contributed by atoms with van der Waals surface area (Å²) >= 11 is 3.84. The SMILES string of the molecule is CC1OC(O)C(O)[C@@H](O)[C@H]1O.NC1C(O)OC(CO)[C@H](O)[C@@H]1O.OC1OC(CS)[C@@H](O)[C@H](O)C1O.OCC1C[C@H](O)C(O)[C@@H](O)O1.OCC1OC(O)C(O)C[C@H]1O.OCC1OC(O)C(O)[C@@H](O)[C@H]1O.OCC1OC(O)C(O)[C@@H](O)[C@H]1O.OCC1OC(O)C[C@@H](O)[C@H]1O.OCC1OC(O)[C@@H](O)C(O)[C@H]1O.OCC1OC(O)[C@@H](O)C(O)[C@H]1O. The molecule has 116 heavy (non-hydrogen) atoms. The Morgan fingerprint density at radius 3 is 0.784 bits per heavy atom. The summed E-state index contributed by atoms with van der Waals surface area (Å²) in [5.41, 5.74) is 5.26. The molecule has 56 heteroatoms. The van der Waals surface area contributed by atoms with Crippen LogP contribution < -0.4 is 5.73 Å². The summed E-state index contributed by atoms with van der Waals surface area (Å²) in [5, 5.41) is 394. The van der Waals surface area contributed by atoms with Crippen LogP contribution in [0.4, 0.5) is 0 Å². The summed E-state index contributed by atoms with van der Waals surface area (Å²) in [6.07, 6.45) is -57.5. The van der Waals surface area contributed by atoms with Gasteiger partial charge in [0, 0.05) is 25.0 Å². The summed E-state index contributed by atoms with van der Waals surface area (Å²) in [5.74, 6) is 0.169. The largest absolute Gasteiger partial charge is 0.394 e. The predicted octanol–water partition coefficient (Wildman–Crippen LogP) is -27.2. The molecule has 10 fully saturated rings. The van der Waals surface area contributed by atoms with Gasteiger partial charge in [0.1, 0.15) is 183 Å². The van der Waals surface area contributed by atoms with E-state index in [1.54, 1.807) is 0 Å². The van der Waals surface area contributed by atoms with Crippen molar-refractivity contribution in [1.82, 2.24) is 0 Å². The summed E-state index contributed by atoms with van der Waals surface area (Å²) in [7, 11) is 0. The zero-order chi connectivity index (χ0) is 89.7. The van der Waals surface area contributed by atoms with Gasteiger partial charge in [0.2, 0.25) is 0 Å². The van der Waals surface area contributed by atoms with Crippen molar-refractivity contribution < 1.29 is 272 Å². The number of hydrogen-bond acceptors (Lipinski definition) is 56. The van der Waals surface area contributed by atoms with Crippen LogP contribution in [0, 0.1) is 0 Å². The van der Waals surface area contributed by atoms with E-state index in [-0.39, 0.29) is 38.2 Å². The summed E-state index contributed by atoms with van der Waals surface area (Å²) in [4.78, 5) is 0. The second-order valence-corrected chi connectivity index (χ2v) is 27.3. The molecule has 28 unspecified atom stereocenters. The number of hydrogen-bond donors (Lipinski definition) is 46. The highest BCUT2D eigenvalue weighted by Gasteiger charge is 2.49. The maximum absolute atomic E-state index is 9.23. The van der Waals surface area contributed by atoms with Crippen LogP contribution in [0.1, 0.15) is 26.2 Å². The van der Waals surface area contributed by atoms with E-state index in [2.05, 4.69) is 41.0 Å². The zero-order valence-electron chi connectivity index (χ0n) is 61.4. The first kappa shape index (κ1) is 112. The van der Waals surface area contributed by atoms with E-state index in [9.17, 15) is 15.3 Å². The van der Waals surface area contributed by atoms with Crippen molar-refractivity contribution in [2.75, 3.05) is 58.6 Å². The van der Waals surface area contributed by atoms with Crippen LogP contribution in [-0.4, -0.2) is 572 Å². The van der Waals surface area contributed by atoms with Gasteiger partial charge in [0.25, 0.3) is 0 Å². The van der Waals surface area contributed by atoms with Crippen LogP contribution in [-0.2, 0) is 47.4 Å². The minimum Gasteiger partial charge on any atom is -0.394 e. The summed E-state index contributed by atoms with van der Waals surface area (Å²) in [6, 6.07) is -1.04. The van der Waals surface area contributed by atoms with Gasteiger partial charge in [0.15, 0.2) is 62.9 Å². The molecule has 0 aromatic heterocycles. The fourth-order valence-electron chi connectivity index (χ4n) is 10.7. The number of rotatable bonds is 9. The molecule has 0 aliphatic carbocycles. The molecule has 0 radical (unpaired) electrons. The molecule has 55 nitrogen and oxygen atoms in total. The lowest BCUT2D eigenvalue weighted by molar-refractivity contribution is -0.286. The number of thiol groups is 1. The lowest BCUT2D eigenvalue weighted by atomic mass is 9.98. The molecule has 0 amide bonds. The normalized spacial score (nSPS) is 48.6. The van der Waals surface area contributed by atoms with Crippen molar-refractivity contribution in [3.63, 3.8) is 0 Å². The average Bonchev–Trinajstić information content (AvgIpc) is 0.832. The third-order valence-electron chi connectivity index (χ3n) is 18.3. The molecule has 0 spiro atoms. The number of ether oxygens (including phenoxy) is 10. The maximum Gasteiger partial charge on any atom is 0.184 e. The molecule has 10 saturated heterocycles. The van der Waals surface area contributed by atoms with Crippen molar-refractivity contribution in [2.24, 2.45) is 5.73 Å². The van der Waals surface area contributed by atoms with E-state index < -0.39 is 328 Å². The topological polar surface area (TPSA) is 1010 Å². The molecule has 10 aliphatic heterocycles. The lowest BCUT2D eigenvalue weighted by Gasteiger charge is -2.38. The minimum absolute atomic E-state index is 0.0162. The van der Waals surface area contributed by atoms with E-state index in [1.807, 2.05) is 0 Å². The highest BCUT2D eigenvalue weighted by atomic mass is 32.1. The van der Waals surface area contributed by atoms with Crippen LogP contribution in [0.15, 0.2) is 0 Å².